The second-order valence-corrected chi connectivity index (χ2v) is 5.64. The van der Waals surface area contributed by atoms with Crippen molar-refractivity contribution < 1.29 is 5.11 Å². The van der Waals surface area contributed by atoms with Gasteiger partial charge in [-0.1, -0.05) is 12.5 Å². The number of aromatic hydroxyl groups is 1. The molecule has 0 unspecified atom stereocenters. The van der Waals surface area contributed by atoms with E-state index in [1.165, 1.54) is 42.4 Å². The number of fused-ring (bicyclic) bond motifs is 1. The highest BCUT2D eigenvalue weighted by Gasteiger charge is 2.41. The summed E-state index contributed by atoms with van der Waals surface area (Å²) in [5.74, 6) is 0.482. The lowest BCUT2D eigenvalue weighted by atomic mass is 9.62. The molecule has 17 heavy (non-hydrogen) atoms. The van der Waals surface area contributed by atoms with Gasteiger partial charge >= 0.3 is 0 Å². The molecule has 0 aliphatic heterocycles. The highest BCUT2D eigenvalue weighted by atomic mass is 16.3. The minimum Gasteiger partial charge on any atom is -0.508 e. The minimum atomic E-state index is 0.0900. The van der Waals surface area contributed by atoms with Crippen LogP contribution >= 0.6 is 0 Å². The zero-order valence-corrected chi connectivity index (χ0v) is 10.3. The van der Waals surface area contributed by atoms with Crippen molar-refractivity contribution in [2.75, 3.05) is 6.54 Å². The molecule has 0 spiro atoms. The first kappa shape index (κ1) is 11.1. The van der Waals surface area contributed by atoms with E-state index < -0.39 is 0 Å². The van der Waals surface area contributed by atoms with Gasteiger partial charge in [-0.2, -0.15) is 0 Å². The number of rotatable bonds is 2. The number of hydrogen-bond donors (Lipinski definition) is 2. The highest BCUT2D eigenvalue weighted by molar-refractivity contribution is 5.51. The van der Waals surface area contributed by atoms with Crippen molar-refractivity contribution in [3.63, 3.8) is 0 Å². The summed E-state index contributed by atoms with van der Waals surface area (Å²) in [6.07, 6.45) is 8.38. The number of benzene rings is 1. The Morgan fingerprint density at radius 3 is 2.53 bits per heavy atom. The van der Waals surface area contributed by atoms with Gasteiger partial charge in [0.1, 0.15) is 5.75 Å². The molecule has 2 aliphatic rings. The standard InChI is InChI=1S/C15H21NO/c16-10-15(8-3-9-15)14-12-5-2-1-4-11(12)6-7-13(14)17/h6-7,17H,1-5,8-10,16H2. The van der Waals surface area contributed by atoms with Crippen molar-refractivity contribution in [1.82, 2.24) is 0 Å². The van der Waals surface area contributed by atoms with Gasteiger partial charge in [-0.25, -0.2) is 0 Å². The van der Waals surface area contributed by atoms with E-state index in [0.29, 0.717) is 12.3 Å². The largest absolute Gasteiger partial charge is 0.508 e. The zero-order chi connectivity index (χ0) is 11.9. The minimum absolute atomic E-state index is 0.0900. The van der Waals surface area contributed by atoms with Crippen LogP contribution in [0.3, 0.4) is 0 Å². The van der Waals surface area contributed by atoms with E-state index in [1.54, 1.807) is 0 Å². The predicted octanol–water partition coefficient (Wildman–Crippen LogP) is 2.65. The summed E-state index contributed by atoms with van der Waals surface area (Å²) in [5, 5.41) is 10.2. The molecule has 1 aromatic carbocycles. The maximum absolute atomic E-state index is 10.2. The summed E-state index contributed by atoms with van der Waals surface area (Å²) in [5.41, 5.74) is 10.1. The third-order valence-electron chi connectivity index (χ3n) is 4.74. The van der Waals surface area contributed by atoms with Crippen molar-refractivity contribution >= 4 is 0 Å². The lowest BCUT2D eigenvalue weighted by molar-refractivity contribution is 0.242. The number of phenols is 1. The molecule has 92 valence electrons. The molecule has 0 atom stereocenters. The molecular weight excluding hydrogens is 210 g/mol. The number of hydrogen-bond acceptors (Lipinski definition) is 2. The molecule has 3 rings (SSSR count). The molecule has 0 bridgehead atoms. The van der Waals surface area contributed by atoms with Crippen LogP contribution in [-0.4, -0.2) is 11.7 Å². The Labute approximate surface area is 103 Å². The topological polar surface area (TPSA) is 46.2 Å². The molecule has 1 aromatic rings. The summed E-state index contributed by atoms with van der Waals surface area (Å²) < 4.78 is 0. The Kier molecular flexibility index (Phi) is 2.62. The number of phenolic OH excluding ortho intramolecular Hbond substituents is 1. The Hall–Kier alpha value is -1.02. The molecule has 2 aliphatic carbocycles. The third-order valence-corrected chi connectivity index (χ3v) is 4.74. The molecule has 1 saturated carbocycles. The average molecular weight is 231 g/mol. The fourth-order valence-electron chi connectivity index (χ4n) is 3.57. The fourth-order valence-corrected chi connectivity index (χ4v) is 3.57. The molecule has 0 aromatic heterocycles. The predicted molar refractivity (Wildman–Crippen MR) is 69.3 cm³/mol. The van der Waals surface area contributed by atoms with Crippen LogP contribution in [0, 0.1) is 0 Å². The maximum Gasteiger partial charge on any atom is 0.119 e. The van der Waals surface area contributed by atoms with Crippen LogP contribution in [0.1, 0.15) is 48.8 Å². The number of nitrogens with two attached hydrogens (primary N) is 1. The first-order chi connectivity index (χ1) is 8.27. The first-order valence-electron chi connectivity index (χ1n) is 6.81. The van der Waals surface area contributed by atoms with Crippen molar-refractivity contribution in [1.29, 1.82) is 0 Å². The van der Waals surface area contributed by atoms with Crippen LogP contribution in [-0.2, 0) is 18.3 Å². The van der Waals surface area contributed by atoms with Gasteiger partial charge in [0, 0.05) is 17.5 Å². The molecule has 0 amide bonds. The lowest BCUT2D eigenvalue weighted by Gasteiger charge is -2.43. The molecule has 2 heteroatoms. The van der Waals surface area contributed by atoms with Gasteiger partial charge in [0.05, 0.1) is 0 Å². The van der Waals surface area contributed by atoms with E-state index in [1.807, 2.05) is 6.07 Å². The van der Waals surface area contributed by atoms with E-state index in [0.717, 1.165) is 19.3 Å². The first-order valence-corrected chi connectivity index (χ1v) is 6.81. The summed E-state index contributed by atoms with van der Waals surface area (Å²) in [6.45, 7) is 0.678. The van der Waals surface area contributed by atoms with Crippen molar-refractivity contribution in [3.8, 4) is 5.75 Å². The molecule has 3 N–H and O–H groups in total. The Morgan fingerprint density at radius 1 is 1.12 bits per heavy atom. The van der Waals surface area contributed by atoms with E-state index in [2.05, 4.69) is 6.07 Å². The quantitative estimate of drug-likeness (QED) is 0.822. The normalized spacial score (nSPS) is 21.7. The lowest BCUT2D eigenvalue weighted by Crippen LogP contribution is -2.42. The summed E-state index contributed by atoms with van der Waals surface area (Å²) in [7, 11) is 0. The summed E-state index contributed by atoms with van der Waals surface area (Å²) in [4.78, 5) is 0. The van der Waals surface area contributed by atoms with Crippen molar-refractivity contribution in [2.45, 2.75) is 50.4 Å². The third kappa shape index (κ3) is 1.58. The van der Waals surface area contributed by atoms with Gasteiger partial charge in [0.2, 0.25) is 0 Å². The average Bonchev–Trinajstić information content (AvgIpc) is 2.31. The monoisotopic (exact) mass is 231 g/mol. The molecule has 1 fully saturated rings. The van der Waals surface area contributed by atoms with Crippen LogP contribution in [0.5, 0.6) is 5.75 Å². The molecule has 2 nitrogen and oxygen atoms in total. The van der Waals surface area contributed by atoms with E-state index in [4.69, 9.17) is 5.73 Å². The van der Waals surface area contributed by atoms with Crippen LogP contribution in [0.4, 0.5) is 0 Å². The second kappa shape index (κ2) is 4.02. The SMILES string of the molecule is NCC1(c2c(O)ccc3c2CCCC3)CCC1. The van der Waals surface area contributed by atoms with Crippen LogP contribution in [0.2, 0.25) is 0 Å². The van der Waals surface area contributed by atoms with Gasteiger partial charge in [0.25, 0.3) is 0 Å². The fraction of sp³-hybridized carbons (Fsp3) is 0.600. The van der Waals surface area contributed by atoms with E-state index in [9.17, 15) is 5.11 Å². The van der Waals surface area contributed by atoms with Gasteiger partial charge in [-0.15, -0.1) is 0 Å². The van der Waals surface area contributed by atoms with Crippen LogP contribution in [0.25, 0.3) is 0 Å². The van der Waals surface area contributed by atoms with Gasteiger partial charge in [-0.3, -0.25) is 0 Å². The van der Waals surface area contributed by atoms with Crippen LogP contribution in [0.15, 0.2) is 12.1 Å². The molecule has 0 heterocycles. The molecule has 0 radical (unpaired) electrons. The highest BCUT2D eigenvalue weighted by Crippen LogP contribution is 2.49. The van der Waals surface area contributed by atoms with Gasteiger partial charge in [0.15, 0.2) is 0 Å². The summed E-state index contributed by atoms with van der Waals surface area (Å²) >= 11 is 0. The number of aryl methyl sites for hydroxylation is 1. The Bertz CT molecular complexity index is 429. The van der Waals surface area contributed by atoms with Crippen molar-refractivity contribution in [3.05, 3.63) is 28.8 Å². The zero-order valence-electron chi connectivity index (χ0n) is 10.3. The Balaban J connectivity index is 2.14. The second-order valence-electron chi connectivity index (χ2n) is 5.64. The van der Waals surface area contributed by atoms with E-state index in [-0.39, 0.29) is 5.41 Å². The van der Waals surface area contributed by atoms with Crippen LogP contribution < -0.4 is 5.73 Å². The molecular formula is C15H21NO. The van der Waals surface area contributed by atoms with Crippen molar-refractivity contribution in [2.24, 2.45) is 5.73 Å². The maximum atomic E-state index is 10.2. The molecule has 0 saturated heterocycles. The summed E-state index contributed by atoms with van der Waals surface area (Å²) in [6, 6.07) is 3.99. The van der Waals surface area contributed by atoms with E-state index >= 15 is 0 Å². The van der Waals surface area contributed by atoms with Gasteiger partial charge < -0.3 is 10.8 Å². The smallest absolute Gasteiger partial charge is 0.119 e. The van der Waals surface area contributed by atoms with Gasteiger partial charge in [-0.05, 0) is 55.7 Å². The Morgan fingerprint density at radius 2 is 1.88 bits per heavy atom.